The number of pyridine rings is 1. The standard InChI is InChI=1S/C17H18N4O3S/c1-20(2)25(23,24)15-8-6-13(7-9-15)17(22)18-11-14-12-21-10-4-3-5-16(21)19-14/h3-10,12H,11H2,1-2H3,(H,18,22). The molecule has 0 unspecified atom stereocenters. The van der Waals surface area contributed by atoms with Crippen LogP contribution in [0.15, 0.2) is 59.8 Å². The number of sulfonamides is 1. The van der Waals surface area contributed by atoms with E-state index < -0.39 is 10.0 Å². The molecule has 0 aliphatic rings. The third-order valence-corrected chi connectivity index (χ3v) is 5.57. The second-order valence-electron chi connectivity index (χ2n) is 5.69. The third-order valence-electron chi connectivity index (χ3n) is 3.74. The van der Waals surface area contributed by atoms with Crippen LogP contribution in [0, 0.1) is 0 Å². The number of imidazole rings is 1. The molecule has 0 radical (unpaired) electrons. The van der Waals surface area contributed by atoms with E-state index in [9.17, 15) is 13.2 Å². The van der Waals surface area contributed by atoms with Crippen molar-refractivity contribution in [2.45, 2.75) is 11.4 Å². The lowest BCUT2D eigenvalue weighted by Crippen LogP contribution is -2.24. The zero-order chi connectivity index (χ0) is 18.0. The summed E-state index contributed by atoms with van der Waals surface area (Å²) in [5.74, 6) is -0.286. The molecule has 1 N–H and O–H groups in total. The summed E-state index contributed by atoms with van der Waals surface area (Å²) in [7, 11) is -0.574. The van der Waals surface area contributed by atoms with Gasteiger partial charge in [0.05, 0.1) is 17.1 Å². The van der Waals surface area contributed by atoms with Crippen molar-refractivity contribution >= 4 is 21.6 Å². The van der Waals surface area contributed by atoms with E-state index in [2.05, 4.69) is 10.3 Å². The summed E-state index contributed by atoms with van der Waals surface area (Å²) < 4.78 is 27.1. The monoisotopic (exact) mass is 358 g/mol. The summed E-state index contributed by atoms with van der Waals surface area (Å²) in [6.07, 6.45) is 3.74. The molecule has 25 heavy (non-hydrogen) atoms. The molecule has 0 atom stereocenters. The average Bonchev–Trinajstić information content (AvgIpc) is 3.02. The Balaban J connectivity index is 1.69. The molecule has 0 fully saturated rings. The number of benzene rings is 1. The number of hydrogen-bond donors (Lipinski definition) is 1. The Morgan fingerprint density at radius 1 is 1.16 bits per heavy atom. The fourth-order valence-corrected chi connectivity index (χ4v) is 3.24. The topological polar surface area (TPSA) is 83.8 Å². The molecule has 0 aliphatic carbocycles. The number of rotatable bonds is 5. The van der Waals surface area contributed by atoms with Crippen LogP contribution in [0.4, 0.5) is 0 Å². The smallest absolute Gasteiger partial charge is 0.251 e. The number of carbonyl (C=O) groups excluding carboxylic acids is 1. The van der Waals surface area contributed by atoms with Gasteiger partial charge in [0.25, 0.3) is 5.91 Å². The van der Waals surface area contributed by atoms with Gasteiger partial charge in [0.2, 0.25) is 10.0 Å². The maximum Gasteiger partial charge on any atom is 0.251 e. The van der Waals surface area contributed by atoms with Gasteiger partial charge in [-0.2, -0.15) is 0 Å². The highest BCUT2D eigenvalue weighted by molar-refractivity contribution is 7.89. The van der Waals surface area contributed by atoms with E-state index in [0.717, 1.165) is 15.6 Å². The first kappa shape index (κ1) is 17.1. The molecule has 0 saturated carbocycles. The fourth-order valence-electron chi connectivity index (χ4n) is 2.33. The molecule has 0 spiro atoms. The molecule has 1 aromatic carbocycles. The predicted molar refractivity (Wildman–Crippen MR) is 93.7 cm³/mol. The first-order valence-corrected chi connectivity index (χ1v) is 9.05. The number of hydrogen-bond acceptors (Lipinski definition) is 4. The summed E-state index contributed by atoms with van der Waals surface area (Å²) in [4.78, 5) is 16.8. The Morgan fingerprint density at radius 3 is 2.52 bits per heavy atom. The van der Waals surface area contributed by atoms with Crippen LogP contribution in [0.2, 0.25) is 0 Å². The van der Waals surface area contributed by atoms with E-state index in [0.29, 0.717) is 5.56 Å². The van der Waals surface area contributed by atoms with Crippen molar-refractivity contribution in [2.75, 3.05) is 14.1 Å². The number of aromatic nitrogens is 2. The van der Waals surface area contributed by atoms with Crippen molar-refractivity contribution in [3.8, 4) is 0 Å². The van der Waals surface area contributed by atoms with Crippen LogP contribution in [0.25, 0.3) is 5.65 Å². The number of carbonyl (C=O) groups is 1. The predicted octanol–water partition coefficient (Wildman–Crippen LogP) is 1.51. The van der Waals surface area contributed by atoms with Crippen molar-refractivity contribution in [2.24, 2.45) is 0 Å². The van der Waals surface area contributed by atoms with Crippen LogP contribution >= 0.6 is 0 Å². The van der Waals surface area contributed by atoms with E-state index in [4.69, 9.17) is 0 Å². The zero-order valence-corrected chi connectivity index (χ0v) is 14.7. The molecule has 2 aromatic heterocycles. The number of fused-ring (bicyclic) bond motifs is 1. The van der Waals surface area contributed by atoms with E-state index in [1.54, 1.807) is 0 Å². The van der Waals surface area contributed by atoms with Gasteiger partial charge in [-0.1, -0.05) is 6.07 Å². The maximum absolute atomic E-state index is 12.2. The van der Waals surface area contributed by atoms with Gasteiger partial charge in [0, 0.05) is 32.1 Å². The van der Waals surface area contributed by atoms with Crippen molar-refractivity contribution in [3.63, 3.8) is 0 Å². The van der Waals surface area contributed by atoms with Crippen molar-refractivity contribution in [1.82, 2.24) is 19.0 Å². The molecule has 7 nitrogen and oxygen atoms in total. The average molecular weight is 358 g/mol. The highest BCUT2D eigenvalue weighted by Gasteiger charge is 2.17. The van der Waals surface area contributed by atoms with Gasteiger partial charge in [0.15, 0.2) is 0 Å². The minimum Gasteiger partial charge on any atom is -0.346 e. The summed E-state index contributed by atoms with van der Waals surface area (Å²) in [6.45, 7) is 0.290. The van der Waals surface area contributed by atoms with Gasteiger partial charge in [-0.05, 0) is 36.4 Å². The molecule has 130 valence electrons. The van der Waals surface area contributed by atoms with Crippen molar-refractivity contribution in [1.29, 1.82) is 0 Å². The second-order valence-corrected chi connectivity index (χ2v) is 7.84. The second kappa shape index (κ2) is 6.66. The lowest BCUT2D eigenvalue weighted by Gasteiger charge is -2.11. The Bertz CT molecular complexity index is 975. The van der Waals surface area contributed by atoms with E-state index in [1.165, 1.54) is 38.4 Å². The highest BCUT2D eigenvalue weighted by Crippen LogP contribution is 2.14. The summed E-state index contributed by atoms with van der Waals surface area (Å²) >= 11 is 0. The SMILES string of the molecule is CN(C)S(=O)(=O)c1ccc(C(=O)NCc2cn3ccccc3n2)cc1. The van der Waals surface area contributed by atoms with Crippen LogP contribution in [-0.4, -0.2) is 42.1 Å². The largest absolute Gasteiger partial charge is 0.346 e. The Hall–Kier alpha value is -2.71. The Labute approximate surface area is 146 Å². The van der Waals surface area contributed by atoms with E-state index in [-0.39, 0.29) is 17.3 Å². The first-order chi connectivity index (χ1) is 11.9. The molecule has 8 heteroatoms. The Kier molecular flexibility index (Phi) is 4.56. The van der Waals surface area contributed by atoms with Gasteiger partial charge in [0.1, 0.15) is 5.65 Å². The van der Waals surface area contributed by atoms with Gasteiger partial charge in [-0.15, -0.1) is 0 Å². The van der Waals surface area contributed by atoms with Crippen LogP contribution in [0.1, 0.15) is 16.1 Å². The van der Waals surface area contributed by atoms with Crippen LogP contribution in [-0.2, 0) is 16.6 Å². The summed E-state index contributed by atoms with van der Waals surface area (Å²) in [5.41, 5.74) is 1.94. The van der Waals surface area contributed by atoms with Gasteiger partial charge in [-0.3, -0.25) is 4.79 Å². The molecule has 3 aromatic rings. The Morgan fingerprint density at radius 2 is 1.88 bits per heavy atom. The molecule has 0 bridgehead atoms. The molecule has 0 saturated heterocycles. The number of nitrogens with one attached hydrogen (secondary N) is 1. The first-order valence-electron chi connectivity index (χ1n) is 7.61. The molecule has 0 aliphatic heterocycles. The number of nitrogens with zero attached hydrogens (tertiary/aromatic N) is 3. The maximum atomic E-state index is 12.2. The molecule has 1 amide bonds. The van der Waals surface area contributed by atoms with Gasteiger partial charge in [-0.25, -0.2) is 17.7 Å². The molecule has 2 heterocycles. The lowest BCUT2D eigenvalue weighted by atomic mass is 10.2. The summed E-state index contributed by atoms with van der Waals surface area (Å²) in [6, 6.07) is 11.5. The molecular weight excluding hydrogens is 340 g/mol. The van der Waals surface area contributed by atoms with Crippen LogP contribution < -0.4 is 5.32 Å². The zero-order valence-electron chi connectivity index (χ0n) is 13.9. The van der Waals surface area contributed by atoms with Crippen LogP contribution in [0.3, 0.4) is 0 Å². The van der Waals surface area contributed by atoms with E-state index in [1.807, 2.05) is 35.0 Å². The number of amides is 1. The molecule has 3 rings (SSSR count). The lowest BCUT2D eigenvalue weighted by molar-refractivity contribution is 0.0950. The van der Waals surface area contributed by atoms with E-state index >= 15 is 0 Å². The molecular formula is C17H18N4O3S. The minimum absolute atomic E-state index is 0.148. The quantitative estimate of drug-likeness (QED) is 0.749. The van der Waals surface area contributed by atoms with Gasteiger partial charge >= 0.3 is 0 Å². The summed E-state index contributed by atoms with van der Waals surface area (Å²) in [5, 5.41) is 2.78. The van der Waals surface area contributed by atoms with Gasteiger partial charge < -0.3 is 9.72 Å². The fraction of sp³-hybridized carbons (Fsp3) is 0.176. The van der Waals surface area contributed by atoms with Crippen molar-refractivity contribution < 1.29 is 13.2 Å². The minimum atomic E-state index is -3.50. The highest BCUT2D eigenvalue weighted by atomic mass is 32.2. The third kappa shape index (κ3) is 3.54. The van der Waals surface area contributed by atoms with Crippen LogP contribution in [0.5, 0.6) is 0 Å². The normalized spacial score (nSPS) is 11.8. The van der Waals surface area contributed by atoms with Crippen molar-refractivity contribution in [3.05, 3.63) is 66.1 Å².